The summed E-state index contributed by atoms with van der Waals surface area (Å²) >= 11 is 3.09. The van der Waals surface area contributed by atoms with E-state index in [2.05, 4.69) is 20.7 Å². The van der Waals surface area contributed by atoms with Crippen LogP contribution in [0.15, 0.2) is 17.0 Å². The van der Waals surface area contributed by atoms with Crippen molar-refractivity contribution in [1.29, 1.82) is 0 Å². The second kappa shape index (κ2) is 5.77. The van der Waals surface area contributed by atoms with E-state index in [0.717, 1.165) is 0 Å². The highest BCUT2D eigenvalue weighted by molar-refractivity contribution is 9.09. The summed E-state index contributed by atoms with van der Waals surface area (Å²) in [7, 11) is -3.86. The highest BCUT2D eigenvalue weighted by atomic mass is 79.9. The van der Waals surface area contributed by atoms with Crippen LogP contribution in [-0.2, 0) is 10.0 Å². The predicted octanol–water partition coefficient (Wildman–Crippen LogP) is 1.88. The molecule has 18 heavy (non-hydrogen) atoms. The van der Waals surface area contributed by atoms with Gasteiger partial charge >= 0.3 is 0 Å². The Morgan fingerprint density at radius 1 is 1.33 bits per heavy atom. The molecule has 1 rings (SSSR count). The van der Waals surface area contributed by atoms with Gasteiger partial charge in [-0.3, -0.25) is 10.1 Å². The Morgan fingerprint density at radius 3 is 2.39 bits per heavy atom. The van der Waals surface area contributed by atoms with Gasteiger partial charge < -0.3 is 0 Å². The average molecular weight is 337 g/mol. The molecule has 0 radical (unpaired) electrons. The molecule has 8 heteroatoms. The molecule has 0 aliphatic heterocycles. The molecule has 0 atom stereocenters. The summed E-state index contributed by atoms with van der Waals surface area (Å²) in [6.07, 6.45) is 0. The Hall–Kier alpha value is -0.990. The first-order valence-corrected chi connectivity index (χ1v) is 7.71. The molecule has 0 saturated heterocycles. The van der Waals surface area contributed by atoms with Crippen LogP contribution >= 0.6 is 15.9 Å². The van der Waals surface area contributed by atoms with Crippen molar-refractivity contribution in [2.45, 2.75) is 18.7 Å². The van der Waals surface area contributed by atoms with E-state index in [1.807, 2.05) is 0 Å². The molecule has 1 aromatic rings. The van der Waals surface area contributed by atoms with Gasteiger partial charge in [0.1, 0.15) is 0 Å². The van der Waals surface area contributed by atoms with Crippen molar-refractivity contribution in [2.24, 2.45) is 0 Å². The molecule has 100 valence electrons. The van der Waals surface area contributed by atoms with Crippen LogP contribution in [0.25, 0.3) is 0 Å². The predicted molar refractivity (Wildman–Crippen MR) is 71.6 cm³/mol. The Kier molecular flexibility index (Phi) is 4.83. The van der Waals surface area contributed by atoms with Gasteiger partial charge in [-0.1, -0.05) is 15.9 Å². The van der Waals surface area contributed by atoms with E-state index in [0.29, 0.717) is 16.5 Å². The summed E-state index contributed by atoms with van der Waals surface area (Å²) in [5, 5.41) is 11.3. The van der Waals surface area contributed by atoms with Gasteiger partial charge in [0.05, 0.1) is 4.92 Å². The van der Waals surface area contributed by atoms with E-state index in [-0.39, 0.29) is 11.4 Å². The molecule has 0 aliphatic carbocycles. The topological polar surface area (TPSA) is 89.3 Å². The number of rotatable bonds is 5. The van der Waals surface area contributed by atoms with E-state index in [4.69, 9.17) is 0 Å². The van der Waals surface area contributed by atoms with Crippen molar-refractivity contribution in [1.82, 2.24) is 4.72 Å². The number of nitrogens with zero attached hydrogens (tertiary/aromatic N) is 1. The third-order valence-corrected chi connectivity index (χ3v) is 4.33. The first-order chi connectivity index (χ1) is 8.29. The van der Waals surface area contributed by atoms with Gasteiger partial charge in [-0.25, -0.2) is 13.1 Å². The Morgan fingerprint density at radius 2 is 1.89 bits per heavy atom. The summed E-state index contributed by atoms with van der Waals surface area (Å²) in [5.74, 6) is 0. The maximum atomic E-state index is 11.9. The molecule has 0 saturated carbocycles. The van der Waals surface area contributed by atoms with Crippen LogP contribution < -0.4 is 4.72 Å². The number of aryl methyl sites for hydroxylation is 2. The minimum atomic E-state index is -3.86. The van der Waals surface area contributed by atoms with Crippen LogP contribution in [0.4, 0.5) is 5.69 Å². The van der Waals surface area contributed by atoms with Crippen molar-refractivity contribution < 1.29 is 13.3 Å². The Bertz CT molecular complexity index is 571. The molecule has 1 aromatic carbocycles. The largest absolute Gasteiger partial charge is 0.289 e. The monoisotopic (exact) mass is 336 g/mol. The number of hydrogen-bond acceptors (Lipinski definition) is 4. The standard InChI is InChI=1S/C10H13BrN2O4S/c1-7-5-9(13(14)15)10(6-8(7)2)18(16,17)12-4-3-11/h5-6,12H,3-4H2,1-2H3. The molecule has 0 bridgehead atoms. The number of sulfonamides is 1. The maximum absolute atomic E-state index is 11.9. The summed E-state index contributed by atoms with van der Waals surface area (Å²) in [6, 6.07) is 2.60. The maximum Gasteiger partial charge on any atom is 0.289 e. The van der Waals surface area contributed by atoms with Crippen LogP contribution in [-0.4, -0.2) is 25.2 Å². The zero-order valence-corrected chi connectivity index (χ0v) is 12.3. The highest BCUT2D eigenvalue weighted by Gasteiger charge is 2.26. The van der Waals surface area contributed by atoms with Crippen molar-refractivity contribution in [3.05, 3.63) is 33.4 Å². The van der Waals surface area contributed by atoms with Crippen LogP contribution in [0.1, 0.15) is 11.1 Å². The zero-order chi connectivity index (χ0) is 13.9. The quantitative estimate of drug-likeness (QED) is 0.505. The average Bonchev–Trinajstić information content (AvgIpc) is 2.29. The van der Waals surface area contributed by atoms with Crippen molar-refractivity contribution in [3.63, 3.8) is 0 Å². The highest BCUT2D eigenvalue weighted by Crippen LogP contribution is 2.26. The second-order valence-electron chi connectivity index (χ2n) is 3.75. The van der Waals surface area contributed by atoms with E-state index in [9.17, 15) is 18.5 Å². The number of benzene rings is 1. The van der Waals surface area contributed by atoms with Gasteiger partial charge in [0.2, 0.25) is 10.0 Å². The number of nitrogens with one attached hydrogen (secondary N) is 1. The number of hydrogen-bond donors (Lipinski definition) is 1. The van der Waals surface area contributed by atoms with Crippen LogP contribution in [0.3, 0.4) is 0 Å². The lowest BCUT2D eigenvalue weighted by molar-refractivity contribution is -0.387. The number of nitro groups is 1. The molecule has 1 N–H and O–H groups in total. The van der Waals surface area contributed by atoms with Gasteiger partial charge in [-0.15, -0.1) is 0 Å². The molecular formula is C10H13BrN2O4S. The smallest absolute Gasteiger partial charge is 0.258 e. The molecule has 0 spiro atoms. The summed E-state index contributed by atoms with van der Waals surface area (Å²) in [6.45, 7) is 3.58. The number of alkyl halides is 1. The summed E-state index contributed by atoms with van der Waals surface area (Å²) < 4.78 is 26.2. The van der Waals surface area contributed by atoms with E-state index < -0.39 is 20.6 Å². The number of halogens is 1. The molecular weight excluding hydrogens is 324 g/mol. The molecule has 0 amide bonds. The minimum absolute atomic E-state index is 0.173. The fourth-order valence-electron chi connectivity index (χ4n) is 1.38. The fraction of sp³-hybridized carbons (Fsp3) is 0.400. The van der Waals surface area contributed by atoms with Gasteiger partial charge in [0.25, 0.3) is 5.69 Å². The van der Waals surface area contributed by atoms with Crippen molar-refractivity contribution >= 4 is 31.6 Å². The molecule has 6 nitrogen and oxygen atoms in total. The van der Waals surface area contributed by atoms with E-state index in [1.165, 1.54) is 12.1 Å². The molecule has 0 aromatic heterocycles. The van der Waals surface area contributed by atoms with Crippen molar-refractivity contribution in [2.75, 3.05) is 11.9 Å². The number of nitro benzene ring substituents is 1. The third kappa shape index (κ3) is 3.27. The van der Waals surface area contributed by atoms with Gasteiger partial charge in [0.15, 0.2) is 4.90 Å². The summed E-state index contributed by atoms with van der Waals surface area (Å²) in [5.41, 5.74) is 0.973. The van der Waals surface area contributed by atoms with Crippen LogP contribution in [0, 0.1) is 24.0 Å². The summed E-state index contributed by atoms with van der Waals surface area (Å²) in [4.78, 5) is 9.93. The van der Waals surface area contributed by atoms with E-state index in [1.54, 1.807) is 13.8 Å². The lowest BCUT2D eigenvalue weighted by Crippen LogP contribution is -2.26. The van der Waals surface area contributed by atoms with Crippen LogP contribution in [0.5, 0.6) is 0 Å². The van der Waals surface area contributed by atoms with Gasteiger partial charge in [-0.2, -0.15) is 0 Å². The Labute approximate surface area is 114 Å². The first-order valence-electron chi connectivity index (χ1n) is 5.11. The first kappa shape index (κ1) is 15.1. The van der Waals surface area contributed by atoms with Crippen molar-refractivity contribution in [3.8, 4) is 0 Å². The SMILES string of the molecule is Cc1cc([N+](=O)[O-])c(S(=O)(=O)NCCBr)cc1C. The van der Waals surface area contributed by atoms with Crippen LogP contribution in [0.2, 0.25) is 0 Å². The molecule has 0 fully saturated rings. The molecule has 0 heterocycles. The van der Waals surface area contributed by atoms with E-state index >= 15 is 0 Å². The fourth-order valence-corrected chi connectivity index (χ4v) is 3.11. The minimum Gasteiger partial charge on any atom is -0.258 e. The Balaban J connectivity index is 3.39. The van der Waals surface area contributed by atoms with Gasteiger partial charge in [0, 0.05) is 17.9 Å². The molecule has 0 aliphatic rings. The normalized spacial score (nSPS) is 11.5. The molecule has 0 unspecified atom stereocenters. The zero-order valence-electron chi connectivity index (χ0n) is 9.94. The lowest BCUT2D eigenvalue weighted by atomic mass is 10.1. The lowest BCUT2D eigenvalue weighted by Gasteiger charge is -2.08. The second-order valence-corrected chi connectivity index (χ2v) is 6.28. The van der Waals surface area contributed by atoms with Gasteiger partial charge in [-0.05, 0) is 31.0 Å². The third-order valence-electron chi connectivity index (χ3n) is 2.45.